The number of rotatable bonds is 5. The third-order valence-electron chi connectivity index (χ3n) is 4.48. The Morgan fingerprint density at radius 1 is 1.43 bits per heavy atom. The Morgan fingerprint density at radius 2 is 2.13 bits per heavy atom. The van der Waals surface area contributed by atoms with Crippen LogP contribution < -0.4 is 10.5 Å². The van der Waals surface area contributed by atoms with Crippen molar-refractivity contribution < 1.29 is 37.6 Å². The van der Waals surface area contributed by atoms with E-state index < -0.39 is 38.5 Å². The van der Waals surface area contributed by atoms with Gasteiger partial charge in [0.1, 0.15) is 11.6 Å². The Bertz CT molecular complexity index is 1030. The van der Waals surface area contributed by atoms with E-state index in [-0.39, 0.29) is 22.8 Å². The zero-order valence-corrected chi connectivity index (χ0v) is 17.7. The highest BCUT2D eigenvalue weighted by Gasteiger charge is 2.62. The number of ether oxygens (including phenoxy) is 1. The van der Waals surface area contributed by atoms with Crippen molar-refractivity contribution in [3.8, 4) is 5.75 Å². The summed E-state index contributed by atoms with van der Waals surface area (Å²) < 4.78 is 43.2. The molecule has 0 radical (unpaired) electrons. The molecule has 4 atom stereocenters. The van der Waals surface area contributed by atoms with Gasteiger partial charge in [-0.25, -0.2) is 4.39 Å². The van der Waals surface area contributed by atoms with Crippen molar-refractivity contribution in [3.63, 3.8) is 0 Å². The first-order valence-electron chi connectivity index (χ1n) is 8.56. The molecular formula is C18H21FN2O7P2. The van der Waals surface area contributed by atoms with Crippen LogP contribution in [0.15, 0.2) is 49.1 Å². The van der Waals surface area contributed by atoms with Gasteiger partial charge < -0.3 is 25.4 Å². The smallest absolute Gasteiger partial charge is 0.371 e. The number of aliphatic hydroxyl groups is 1. The SMILES string of the molecule is C=C(N)Oc1cc(C)c(C2OP(=C)(O)C(O)(Cc3cccnc3)P(=O)(O)O2)c(F)c1. The predicted molar refractivity (Wildman–Crippen MR) is 109 cm³/mol. The van der Waals surface area contributed by atoms with Gasteiger partial charge in [-0.1, -0.05) is 6.07 Å². The van der Waals surface area contributed by atoms with Crippen LogP contribution >= 0.6 is 14.9 Å². The lowest BCUT2D eigenvalue weighted by Gasteiger charge is -2.45. The van der Waals surface area contributed by atoms with Crippen LogP contribution in [0.5, 0.6) is 5.75 Å². The lowest BCUT2D eigenvalue weighted by molar-refractivity contribution is -0.0495. The number of pyridine rings is 1. The van der Waals surface area contributed by atoms with E-state index >= 15 is 0 Å². The first kappa shape index (κ1) is 22.7. The van der Waals surface area contributed by atoms with Crippen LogP contribution in [0.25, 0.3) is 0 Å². The Morgan fingerprint density at radius 3 is 2.67 bits per heavy atom. The van der Waals surface area contributed by atoms with Gasteiger partial charge in [-0.05, 0) is 43.1 Å². The highest BCUT2D eigenvalue weighted by atomic mass is 31.2. The van der Waals surface area contributed by atoms with Gasteiger partial charge in [-0.2, -0.15) is 0 Å². The third-order valence-corrected chi connectivity index (χ3v) is 9.53. The van der Waals surface area contributed by atoms with E-state index in [1.54, 1.807) is 6.07 Å². The lowest BCUT2D eigenvalue weighted by Crippen LogP contribution is -2.38. The van der Waals surface area contributed by atoms with Crippen LogP contribution in [0.4, 0.5) is 4.39 Å². The molecule has 162 valence electrons. The fraction of sp³-hybridized carbons (Fsp3) is 0.222. The average molecular weight is 458 g/mol. The summed E-state index contributed by atoms with van der Waals surface area (Å²) in [6, 6.07) is 5.41. The molecule has 4 unspecified atom stereocenters. The van der Waals surface area contributed by atoms with Crippen LogP contribution in [0.1, 0.15) is 23.0 Å². The molecule has 2 heterocycles. The number of hydrogen-bond acceptors (Lipinski definition) is 8. The first-order chi connectivity index (χ1) is 13.9. The molecule has 0 saturated carbocycles. The summed E-state index contributed by atoms with van der Waals surface area (Å²) in [6.45, 7) is 4.82. The molecule has 1 saturated heterocycles. The van der Waals surface area contributed by atoms with Crippen molar-refractivity contribution in [1.82, 2.24) is 4.98 Å². The van der Waals surface area contributed by atoms with Crippen LogP contribution in [-0.4, -0.2) is 31.3 Å². The van der Waals surface area contributed by atoms with E-state index in [4.69, 9.17) is 19.5 Å². The summed E-state index contributed by atoms with van der Waals surface area (Å²) in [5.74, 6) is -1.03. The molecule has 3 rings (SSSR count). The molecule has 0 spiro atoms. The summed E-state index contributed by atoms with van der Waals surface area (Å²) in [5.41, 5.74) is 5.64. The molecule has 9 nitrogen and oxygen atoms in total. The Hall–Kier alpha value is -2.03. The van der Waals surface area contributed by atoms with Crippen molar-refractivity contribution in [2.24, 2.45) is 5.73 Å². The molecule has 0 amide bonds. The number of hydrogen-bond donors (Lipinski definition) is 4. The minimum absolute atomic E-state index is 0.0389. The maximum Gasteiger partial charge on any atom is 0.371 e. The number of benzene rings is 1. The van der Waals surface area contributed by atoms with E-state index in [2.05, 4.69) is 17.9 Å². The van der Waals surface area contributed by atoms with Crippen molar-refractivity contribution in [2.45, 2.75) is 24.7 Å². The predicted octanol–water partition coefficient (Wildman–Crippen LogP) is 2.73. The van der Waals surface area contributed by atoms with Gasteiger partial charge in [0.05, 0.1) is 0 Å². The summed E-state index contributed by atoms with van der Waals surface area (Å²) in [7, 11) is -9.22. The van der Waals surface area contributed by atoms with E-state index in [1.807, 2.05) is 0 Å². The Kier molecular flexibility index (Phi) is 5.97. The largest absolute Gasteiger partial charge is 0.442 e. The maximum absolute atomic E-state index is 14.7. The maximum atomic E-state index is 14.7. The Labute approximate surface area is 172 Å². The van der Waals surface area contributed by atoms with Gasteiger partial charge in [-0.3, -0.25) is 18.6 Å². The van der Waals surface area contributed by atoms with Gasteiger partial charge >= 0.3 is 7.60 Å². The Balaban J connectivity index is 1.99. The molecule has 1 aliphatic rings. The minimum Gasteiger partial charge on any atom is -0.442 e. The fourth-order valence-electron chi connectivity index (χ4n) is 3.01. The lowest BCUT2D eigenvalue weighted by atomic mass is 10.1. The normalized spacial score (nSPS) is 31.3. The van der Waals surface area contributed by atoms with Gasteiger partial charge in [-0.15, -0.1) is 0 Å². The van der Waals surface area contributed by atoms with E-state index in [9.17, 15) is 23.8 Å². The average Bonchev–Trinajstić information content (AvgIpc) is 2.59. The number of aromatic nitrogens is 1. The number of aryl methyl sites for hydroxylation is 1. The molecule has 5 N–H and O–H groups in total. The highest BCUT2D eigenvalue weighted by molar-refractivity contribution is 7.78. The molecular weight excluding hydrogens is 437 g/mol. The van der Waals surface area contributed by atoms with Crippen molar-refractivity contribution >= 4 is 21.2 Å². The molecule has 12 heteroatoms. The summed E-state index contributed by atoms with van der Waals surface area (Å²) >= 11 is 0. The third kappa shape index (κ3) is 4.08. The van der Waals surface area contributed by atoms with E-state index in [1.165, 1.54) is 31.5 Å². The first-order valence-corrected chi connectivity index (χ1v) is 12.0. The summed E-state index contributed by atoms with van der Waals surface area (Å²) in [5, 5.41) is 8.20. The summed E-state index contributed by atoms with van der Waals surface area (Å²) in [4.78, 5) is 25.2. The fourth-order valence-corrected chi connectivity index (χ4v) is 6.96. The highest BCUT2D eigenvalue weighted by Crippen LogP contribution is 2.79. The number of nitrogens with two attached hydrogens (primary N) is 1. The topological polar surface area (TPSA) is 144 Å². The minimum atomic E-state index is -4.98. The van der Waals surface area contributed by atoms with Crippen LogP contribution in [0, 0.1) is 12.7 Å². The molecule has 0 aliphatic carbocycles. The molecule has 0 bridgehead atoms. The van der Waals surface area contributed by atoms with Crippen LogP contribution in [0.3, 0.4) is 0 Å². The van der Waals surface area contributed by atoms with Crippen molar-refractivity contribution in [1.29, 1.82) is 0 Å². The van der Waals surface area contributed by atoms with Crippen LogP contribution in [-0.2, 0) is 20.0 Å². The molecule has 1 aromatic heterocycles. The van der Waals surface area contributed by atoms with Crippen molar-refractivity contribution in [3.05, 3.63) is 71.6 Å². The molecule has 30 heavy (non-hydrogen) atoms. The monoisotopic (exact) mass is 458 g/mol. The number of nitrogens with zero attached hydrogens (tertiary/aromatic N) is 1. The second kappa shape index (κ2) is 7.90. The summed E-state index contributed by atoms with van der Waals surface area (Å²) in [6.07, 6.45) is 3.97. The molecule has 2 aromatic rings. The zero-order valence-electron chi connectivity index (χ0n) is 15.9. The van der Waals surface area contributed by atoms with Crippen molar-refractivity contribution in [2.75, 3.05) is 0 Å². The van der Waals surface area contributed by atoms with E-state index in [0.29, 0.717) is 5.56 Å². The second-order valence-corrected chi connectivity index (χ2v) is 11.5. The van der Waals surface area contributed by atoms with Gasteiger partial charge in [0, 0.05) is 30.4 Å². The van der Waals surface area contributed by atoms with Gasteiger partial charge in [0.25, 0.3) is 0 Å². The number of halogens is 1. The van der Waals surface area contributed by atoms with Crippen LogP contribution in [0.2, 0.25) is 0 Å². The molecule has 1 aliphatic heterocycles. The quantitative estimate of drug-likeness (QED) is 0.393. The molecule has 1 aromatic carbocycles. The molecule has 1 fully saturated rings. The van der Waals surface area contributed by atoms with E-state index in [0.717, 1.165) is 6.07 Å². The standard InChI is InChI=1S/C18H21FN2O7P2/c1-11-7-14(26-12(2)20)8-15(19)16(11)17-27-29(3,23)18(22,30(24,25)28-17)9-13-5-4-6-21-10-13/h4-8,10,17,22-23H,2-3,9,20H2,1H3,(H,24,25). The van der Waals surface area contributed by atoms with Gasteiger partial charge in [0.2, 0.25) is 11.4 Å². The zero-order chi connectivity index (χ0) is 22.3. The second-order valence-electron chi connectivity index (χ2n) is 6.78. The van der Waals surface area contributed by atoms with Gasteiger partial charge in [0.15, 0.2) is 13.2 Å².